The van der Waals surface area contributed by atoms with Crippen molar-refractivity contribution in [1.82, 2.24) is 9.62 Å². The molecule has 1 N–H and O–H groups in total. The molecule has 10 heteroatoms. The second-order valence-corrected chi connectivity index (χ2v) is 9.61. The molecule has 6 nitrogen and oxygen atoms in total. The van der Waals surface area contributed by atoms with E-state index in [2.05, 4.69) is 5.32 Å². The van der Waals surface area contributed by atoms with Gasteiger partial charge in [-0.2, -0.15) is 17.5 Å². The van der Waals surface area contributed by atoms with Crippen LogP contribution in [0.2, 0.25) is 0 Å². The third kappa shape index (κ3) is 5.55. The normalized spacial score (nSPS) is 16.0. The summed E-state index contributed by atoms with van der Waals surface area (Å²) < 4.78 is 65.4. The predicted molar refractivity (Wildman–Crippen MR) is 111 cm³/mol. The Morgan fingerprint density at radius 1 is 1.06 bits per heavy atom. The summed E-state index contributed by atoms with van der Waals surface area (Å²) in [7, 11) is -3.74. The SMILES string of the molecule is CC(=O)c1ccc(S(=O)(=O)N2CCC(C(=O)NCc3cccc(C(F)(F)F)c3)CC2)cc1. The highest BCUT2D eigenvalue weighted by Crippen LogP contribution is 2.29. The molecule has 1 fully saturated rings. The average Bonchev–Trinajstić information content (AvgIpc) is 2.77. The summed E-state index contributed by atoms with van der Waals surface area (Å²) >= 11 is 0. The van der Waals surface area contributed by atoms with Crippen LogP contribution >= 0.6 is 0 Å². The molecule has 0 spiro atoms. The second kappa shape index (κ2) is 9.41. The van der Waals surface area contributed by atoms with Crippen molar-refractivity contribution in [2.75, 3.05) is 13.1 Å². The summed E-state index contributed by atoms with van der Waals surface area (Å²) in [4.78, 5) is 23.9. The first-order valence-corrected chi connectivity index (χ1v) is 11.5. The minimum Gasteiger partial charge on any atom is -0.352 e. The number of piperidine rings is 1. The molecule has 0 aromatic heterocycles. The maximum atomic E-state index is 12.8. The molecular weight excluding hydrogens is 445 g/mol. The number of carbonyl (C=O) groups excluding carboxylic acids is 2. The van der Waals surface area contributed by atoms with Crippen molar-refractivity contribution in [2.24, 2.45) is 5.92 Å². The molecule has 172 valence electrons. The van der Waals surface area contributed by atoms with Gasteiger partial charge in [0.25, 0.3) is 0 Å². The molecule has 0 radical (unpaired) electrons. The quantitative estimate of drug-likeness (QED) is 0.657. The Hall–Kier alpha value is -2.72. The van der Waals surface area contributed by atoms with Crippen LogP contribution in [-0.4, -0.2) is 37.5 Å². The van der Waals surface area contributed by atoms with E-state index in [1.165, 1.54) is 47.6 Å². The molecule has 2 aromatic rings. The third-order valence-corrected chi connectivity index (χ3v) is 7.36. The number of carbonyl (C=O) groups is 2. The van der Waals surface area contributed by atoms with Crippen molar-refractivity contribution in [1.29, 1.82) is 0 Å². The molecule has 1 amide bonds. The summed E-state index contributed by atoms with van der Waals surface area (Å²) in [5.41, 5.74) is -0.0265. The van der Waals surface area contributed by atoms with Crippen molar-refractivity contribution >= 4 is 21.7 Å². The van der Waals surface area contributed by atoms with E-state index in [0.29, 0.717) is 24.0 Å². The molecule has 0 atom stereocenters. The Kier molecular flexibility index (Phi) is 7.04. The highest BCUT2D eigenvalue weighted by molar-refractivity contribution is 7.89. The number of alkyl halides is 3. The van der Waals surface area contributed by atoms with Gasteiger partial charge in [-0.15, -0.1) is 0 Å². The van der Waals surface area contributed by atoms with Crippen molar-refractivity contribution in [3.05, 3.63) is 65.2 Å². The number of nitrogens with one attached hydrogen (secondary N) is 1. The first kappa shape index (κ1) is 23.9. The van der Waals surface area contributed by atoms with Crippen LogP contribution in [-0.2, 0) is 27.5 Å². The van der Waals surface area contributed by atoms with Crippen molar-refractivity contribution in [3.63, 3.8) is 0 Å². The molecule has 1 saturated heterocycles. The lowest BCUT2D eigenvalue weighted by atomic mass is 9.97. The lowest BCUT2D eigenvalue weighted by molar-refractivity contribution is -0.137. The molecule has 3 rings (SSSR count). The Labute approximate surface area is 184 Å². The predicted octanol–water partition coefficient (Wildman–Crippen LogP) is 3.63. The standard InChI is InChI=1S/C22H23F3N2O4S/c1-15(28)17-5-7-20(8-6-17)32(30,31)27-11-9-18(10-12-27)21(29)26-14-16-3-2-4-19(13-16)22(23,24)25/h2-8,13,18H,9-12,14H2,1H3,(H,26,29). The van der Waals surface area contributed by atoms with Crippen molar-refractivity contribution in [3.8, 4) is 0 Å². The Morgan fingerprint density at radius 2 is 1.69 bits per heavy atom. The van der Waals surface area contributed by atoms with E-state index >= 15 is 0 Å². The van der Waals surface area contributed by atoms with E-state index in [1.54, 1.807) is 0 Å². The van der Waals surface area contributed by atoms with Crippen LogP contribution in [0.1, 0.15) is 41.3 Å². The lowest BCUT2D eigenvalue weighted by Crippen LogP contribution is -2.42. The van der Waals surface area contributed by atoms with Crippen LogP contribution < -0.4 is 5.32 Å². The van der Waals surface area contributed by atoms with Crippen LogP contribution in [0.5, 0.6) is 0 Å². The van der Waals surface area contributed by atoms with E-state index in [1.807, 2.05) is 0 Å². The number of amides is 1. The largest absolute Gasteiger partial charge is 0.416 e. The summed E-state index contributed by atoms with van der Waals surface area (Å²) in [6, 6.07) is 10.5. The molecule has 2 aromatic carbocycles. The molecule has 32 heavy (non-hydrogen) atoms. The first-order chi connectivity index (χ1) is 15.0. The fourth-order valence-electron chi connectivity index (χ4n) is 3.56. The van der Waals surface area contributed by atoms with Crippen LogP contribution in [0.25, 0.3) is 0 Å². The van der Waals surface area contributed by atoms with E-state index in [-0.39, 0.29) is 36.2 Å². The van der Waals surface area contributed by atoms with Gasteiger partial charge in [-0.1, -0.05) is 24.3 Å². The Balaban J connectivity index is 1.56. The number of hydrogen-bond acceptors (Lipinski definition) is 4. The first-order valence-electron chi connectivity index (χ1n) is 10.0. The molecule has 0 saturated carbocycles. The van der Waals surface area contributed by atoms with Gasteiger partial charge in [0.15, 0.2) is 5.78 Å². The number of rotatable bonds is 6. The zero-order chi connectivity index (χ0) is 23.5. The third-order valence-electron chi connectivity index (χ3n) is 5.44. The highest BCUT2D eigenvalue weighted by Gasteiger charge is 2.32. The van der Waals surface area contributed by atoms with Gasteiger partial charge in [-0.25, -0.2) is 8.42 Å². The minimum atomic E-state index is -4.45. The molecular formula is C22H23F3N2O4S. The summed E-state index contributed by atoms with van der Waals surface area (Å²) in [5.74, 6) is -0.900. The van der Waals surface area contributed by atoms with Crippen LogP contribution in [0.15, 0.2) is 53.4 Å². The van der Waals surface area contributed by atoms with E-state index < -0.39 is 27.7 Å². The molecule has 1 aliphatic rings. The number of hydrogen-bond donors (Lipinski definition) is 1. The van der Waals surface area contributed by atoms with Crippen LogP contribution in [0, 0.1) is 5.92 Å². The zero-order valence-corrected chi connectivity index (χ0v) is 18.2. The average molecular weight is 468 g/mol. The van der Waals surface area contributed by atoms with E-state index in [4.69, 9.17) is 0 Å². The Bertz CT molecular complexity index is 1090. The van der Waals surface area contributed by atoms with Gasteiger partial charge in [0.1, 0.15) is 0 Å². The summed E-state index contributed by atoms with van der Waals surface area (Å²) in [6.07, 6.45) is -3.84. The number of halogens is 3. The van der Waals surface area contributed by atoms with Crippen molar-refractivity contribution in [2.45, 2.75) is 37.4 Å². The fourth-order valence-corrected chi connectivity index (χ4v) is 5.03. The monoisotopic (exact) mass is 468 g/mol. The topological polar surface area (TPSA) is 83.6 Å². The van der Waals surface area contributed by atoms with E-state index in [9.17, 15) is 31.2 Å². The smallest absolute Gasteiger partial charge is 0.352 e. The molecule has 0 aliphatic carbocycles. The van der Waals surface area contributed by atoms with Gasteiger partial charge in [0, 0.05) is 31.1 Å². The zero-order valence-electron chi connectivity index (χ0n) is 17.4. The number of ketones is 1. The minimum absolute atomic E-state index is 0.0379. The molecule has 0 bridgehead atoms. The van der Waals surface area contributed by atoms with Gasteiger partial charge < -0.3 is 5.32 Å². The molecule has 1 heterocycles. The molecule has 0 unspecified atom stereocenters. The molecule has 1 aliphatic heterocycles. The fraction of sp³-hybridized carbons (Fsp3) is 0.364. The van der Waals surface area contributed by atoms with Gasteiger partial charge in [0.2, 0.25) is 15.9 Å². The van der Waals surface area contributed by atoms with E-state index in [0.717, 1.165) is 12.1 Å². The number of nitrogens with zero attached hydrogens (tertiary/aromatic N) is 1. The van der Waals surface area contributed by atoms with Crippen LogP contribution in [0.4, 0.5) is 13.2 Å². The highest BCUT2D eigenvalue weighted by atomic mass is 32.2. The Morgan fingerprint density at radius 3 is 2.25 bits per heavy atom. The second-order valence-electron chi connectivity index (χ2n) is 7.67. The number of benzene rings is 2. The van der Waals surface area contributed by atoms with Crippen LogP contribution in [0.3, 0.4) is 0 Å². The summed E-state index contributed by atoms with van der Waals surface area (Å²) in [6.45, 7) is 1.66. The van der Waals surface area contributed by atoms with Gasteiger partial charge in [0.05, 0.1) is 10.5 Å². The van der Waals surface area contributed by atoms with Crippen molar-refractivity contribution < 1.29 is 31.2 Å². The van der Waals surface area contributed by atoms with Gasteiger partial charge in [-0.05, 0) is 49.6 Å². The maximum absolute atomic E-state index is 12.8. The lowest BCUT2D eigenvalue weighted by Gasteiger charge is -2.30. The van der Waals surface area contributed by atoms with Gasteiger partial charge >= 0.3 is 6.18 Å². The number of sulfonamides is 1. The van der Waals surface area contributed by atoms with Gasteiger partial charge in [-0.3, -0.25) is 9.59 Å². The maximum Gasteiger partial charge on any atom is 0.416 e. The summed E-state index contributed by atoms with van der Waals surface area (Å²) in [5, 5.41) is 2.64. The number of Topliss-reactive ketones (excluding diaryl/α,β-unsaturated/α-hetero) is 1.